The highest BCUT2D eigenvalue weighted by Crippen LogP contribution is 2.51. The molecule has 4 rings (SSSR count). The Balaban J connectivity index is 0.000000270. The van der Waals surface area contributed by atoms with Gasteiger partial charge in [0.05, 0.1) is 47.8 Å². The predicted octanol–water partition coefficient (Wildman–Crippen LogP) is 5.41. The standard InChI is InChI=1S/C11H17IO2.C11H18O2.H4P2.H3P/c1-4-9-8(2)11(7-13-11)5-10(3,6-12)14-9;1-5-9-8(2)11(7-12-11)6-10(3,4)13-9;1-2;/h4,8-9H,1,5-7H2,2-3H3;5,8-9H,1,6-7H2,2-4H3;1-2H2;1H3/t8-,9-,10-,11-;8-,9-,11-;;/m11../s1. The summed E-state index contributed by atoms with van der Waals surface area (Å²) in [5, 5.41) is 0. The van der Waals surface area contributed by atoms with Gasteiger partial charge in [-0.1, -0.05) is 48.6 Å². The van der Waals surface area contributed by atoms with Crippen molar-refractivity contribution in [1.82, 2.24) is 0 Å². The molecule has 2 spiro atoms. The van der Waals surface area contributed by atoms with Crippen LogP contribution in [0.5, 0.6) is 0 Å². The molecule has 0 N–H and O–H groups in total. The van der Waals surface area contributed by atoms with Gasteiger partial charge >= 0.3 is 0 Å². The molecule has 4 fully saturated rings. The van der Waals surface area contributed by atoms with Crippen LogP contribution in [0, 0.1) is 11.8 Å². The second-order valence-corrected chi connectivity index (χ2v) is 10.4. The zero-order chi connectivity index (χ0) is 22.1. The van der Waals surface area contributed by atoms with Crippen LogP contribution in [0.15, 0.2) is 25.3 Å². The van der Waals surface area contributed by atoms with Gasteiger partial charge in [-0.2, -0.15) is 9.90 Å². The largest absolute Gasteiger partial charge is 0.369 e. The maximum Gasteiger partial charge on any atom is 0.0997 e. The molecule has 0 radical (unpaired) electrons. The van der Waals surface area contributed by atoms with Gasteiger partial charge in [0.25, 0.3) is 0 Å². The molecular formula is C22H42IO4P3. The lowest BCUT2D eigenvalue weighted by Crippen LogP contribution is -2.51. The molecular weight excluding hydrogens is 548 g/mol. The molecule has 0 aliphatic carbocycles. The fraction of sp³-hybridized carbons (Fsp3) is 0.818. The Hall–Kier alpha value is 1.34. The third-order valence-corrected chi connectivity index (χ3v) is 8.31. The topological polar surface area (TPSA) is 43.5 Å². The van der Waals surface area contributed by atoms with E-state index in [1.807, 2.05) is 12.2 Å². The summed E-state index contributed by atoms with van der Waals surface area (Å²) < 4.78 is 24.2. The fourth-order valence-corrected chi connectivity index (χ4v) is 5.21. The Labute approximate surface area is 205 Å². The highest BCUT2D eigenvalue weighted by molar-refractivity contribution is 14.1. The van der Waals surface area contributed by atoms with Gasteiger partial charge in [-0.05, 0) is 20.8 Å². The molecule has 4 aliphatic rings. The number of epoxide rings is 2. The number of hydrogen-bond donors (Lipinski definition) is 0. The molecule has 3 unspecified atom stereocenters. The molecule has 0 amide bonds. The van der Waals surface area contributed by atoms with E-state index < -0.39 is 0 Å². The molecule has 0 bridgehead atoms. The van der Waals surface area contributed by atoms with E-state index >= 15 is 0 Å². The average molecular weight is 590 g/mol. The molecule has 0 aromatic heterocycles. The van der Waals surface area contributed by atoms with Crippen molar-refractivity contribution in [2.24, 2.45) is 11.8 Å². The van der Waals surface area contributed by atoms with Crippen molar-refractivity contribution in [2.45, 2.75) is 82.1 Å². The van der Waals surface area contributed by atoms with Gasteiger partial charge in [0.15, 0.2) is 0 Å². The van der Waals surface area contributed by atoms with Crippen molar-refractivity contribution in [1.29, 1.82) is 0 Å². The lowest BCUT2D eigenvalue weighted by atomic mass is 9.78. The predicted molar refractivity (Wildman–Crippen MR) is 147 cm³/mol. The maximum atomic E-state index is 6.05. The fourth-order valence-electron chi connectivity index (χ4n) is 4.76. The van der Waals surface area contributed by atoms with Crippen LogP contribution in [0.1, 0.15) is 47.5 Å². The van der Waals surface area contributed by atoms with E-state index in [0.29, 0.717) is 11.8 Å². The Morgan fingerprint density at radius 3 is 1.67 bits per heavy atom. The van der Waals surface area contributed by atoms with E-state index in [1.165, 1.54) is 0 Å². The van der Waals surface area contributed by atoms with Crippen LogP contribution in [-0.2, 0) is 18.9 Å². The minimum atomic E-state index is -0.0676. The van der Waals surface area contributed by atoms with Crippen LogP contribution >= 0.6 is 50.3 Å². The van der Waals surface area contributed by atoms with E-state index in [9.17, 15) is 0 Å². The van der Waals surface area contributed by atoms with Crippen molar-refractivity contribution < 1.29 is 18.9 Å². The van der Waals surface area contributed by atoms with Gasteiger partial charge in [0.2, 0.25) is 0 Å². The third-order valence-electron chi connectivity index (χ3n) is 6.70. The van der Waals surface area contributed by atoms with Crippen molar-refractivity contribution in [3.05, 3.63) is 25.3 Å². The third kappa shape index (κ3) is 6.47. The molecule has 0 saturated carbocycles. The Bertz CT molecular complexity index is 595. The van der Waals surface area contributed by atoms with Gasteiger partial charge in [-0.25, -0.2) is 0 Å². The average Bonchev–Trinajstić information content (AvgIpc) is 3.62. The van der Waals surface area contributed by atoms with Crippen LogP contribution in [0.25, 0.3) is 0 Å². The smallest absolute Gasteiger partial charge is 0.0997 e. The molecule has 10 atom stereocenters. The number of rotatable bonds is 3. The molecule has 30 heavy (non-hydrogen) atoms. The maximum absolute atomic E-state index is 6.05. The van der Waals surface area contributed by atoms with Crippen molar-refractivity contribution in [3.63, 3.8) is 0 Å². The lowest BCUT2D eigenvalue weighted by molar-refractivity contribution is -0.139. The van der Waals surface area contributed by atoms with Crippen molar-refractivity contribution in [2.75, 3.05) is 17.6 Å². The van der Waals surface area contributed by atoms with E-state index in [0.717, 1.165) is 30.5 Å². The van der Waals surface area contributed by atoms with Gasteiger partial charge in [-0.15, -0.1) is 31.0 Å². The van der Waals surface area contributed by atoms with Crippen molar-refractivity contribution in [3.8, 4) is 0 Å². The number of alkyl halides is 1. The first kappa shape index (κ1) is 29.4. The lowest BCUT2D eigenvalue weighted by Gasteiger charge is -2.43. The number of ether oxygens (including phenoxy) is 4. The first-order chi connectivity index (χ1) is 13.5. The minimum absolute atomic E-state index is 0. The highest BCUT2D eigenvalue weighted by Gasteiger charge is 2.59. The van der Waals surface area contributed by atoms with Gasteiger partial charge in [0, 0.05) is 29.1 Å². The molecule has 4 aliphatic heterocycles. The van der Waals surface area contributed by atoms with Crippen LogP contribution in [0.4, 0.5) is 0 Å². The summed E-state index contributed by atoms with van der Waals surface area (Å²) >= 11 is 2.39. The van der Waals surface area contributed by atoms with Gasteiger partial charge in [0.1, 0.15) is 0 Å². The van der Waals surface area contributed by atoms with Crippen LogP contribution in [0.3, 0.4) is 0 Å². The summed E-state index contributed by atoms with van der Waals surface area (Å²) in [5.74, 6) is 0.883. The van der Waals surface area contributed by atoms with E-state index in [4.69, 9.17) is 18.9 Å². The quantitative estimate of drug-likeness (QED) is 0.145. The highest BCUT2D eigenvalue weighted by atomic mass is 127. The van der Waals surface area contributed by atoms with E-state index in [2.05, 4.69) is 88.2 Å². The molecule has 176 valence electrons. The SMILES string of the molecule is C=C[C@H]1OC(C)(C)C[C@@]2(CO2)[C@@H]1C.C=C[C@H]1O[C@@](C)(CI)C[C@@]2(CO2)[C@@H]1C.P.PP. The molecule has 0 aromatic rings. The van der Waals surface area contributed by atoms with Crippen LogP contribution in [0.2, 0.25) is 0 Å². The van der Waals surface area contributed by atoms with E-state index in [-0.39, 0.29) is 44.5 Å². The van der Waals surface area contributed by atoms with Gasteiger partial charge < -0.3 is 18.9 Å². The second kappa shape index (κ2) is 11.2. The summed E-state index contributed by atoms with van der Waals surface area (Å²) in [6, 6.07) is 0. The monoisotopic (exact) mass is 590 g/mol. The summed E-state index contributed by atoms with van der Waals surface area (Å²) in [6.07, 6.45) is 6.13. The Morgan fingerprint density at radius 1 is 0.900 bits per heavy atom. The summed E-state index contributed by atoms with van der Waals surface area (Å²) in [5.41, 5.74) is 0.0852. The summed E-state index contributed by atoms with van der Waals surface area (Å²) in [6.45, 7) is 20.3. The zero-order valence-corrected chi connectivity index (χ0v) is 25.2. The van der Waals surface area contributed by atoms with Crippen LogP contribution < -0.4 is 0 Å². The van der Waals surface area contributed by atoms with Crippen molar-refractivity contribution >= 4 is 50.3 Å². The molecule has 4 heterocycles. The minimum Gasteiger partial charge on any atom is -0.369 e. The van der Waals surface area contributed by atoms with Gasteiger partial charge in [-0.3, -0.25) is 0 Å². The Morgan fingerprint density at radius 2 is 1.30 bits per heavy atom. The number of halogens is 1. The molecule has 4 nitrogen and oxygen atoms in total. The first-order valence-corrected chi connectivity index (χ1v) is 14.5. The first-order valence-electron chi connectivity index (χ1n) is 10.3. The van der Waals surface area contributed by atoms with E-state index in [1.54, 1.807) is 0 Å². The normalized spacial score (nSPS) is 45.1. The van der Waals surface area contributed by atoms with Crippen LogP contribution in [-0.4, -0.2) is 52.3 Å². The molecule has 0 aromatic carbocycles. The summed E-state index contributed by atoms with van der Waals surface area (Å²) in [7, 11) is 4.67. The Kier molecular flexibility index (Phi) is 10.9. The molecule has 4 saturated heterocycles. The number of hydrogen-bond acceptors (Lipinski definition) is 4. The molecule has 8 heteroatoms. The summed E-state index contributed by atoms with van der Waals surface area (Å²) in [4.78, 5) is 0. The zero-order valence-electron chi connectivity index (χ0n) is 19.3. The second-order valence-electron chi connectivity index (χ2n) is 9.62.